The molecule has 1 N–H and O–H groups in total. The Morgan fingerprint density at radius 2 is 1.64 bits per heavy atom. The van der Waals surface area contributed by atoms with Crippen molar-refractivity contribution in [2.24, 2.45) is 5.92 Å². The number of nitrogens with one attached hydrogen (secondary N) is 1. The molecule has 0 unspecified atom stereocenters. The lowest BCUT2D eigenvalue weighted by Crippen LogP contribution is -2.31. The van der Waals surface area contributed by atoms with Gasteiger partial charge in [0.25, 0.3) is 0 Å². The lowest BCUT2D eigenvalue weighted by Gasteiger charge is -2.05. The summed E-state index contributed by atoms with van der Waals surface area (Å²) in [5.41, 5.74) is 0. The topological polar surface area (TPSA) is 80.3 Å². The largest absolute Gasteiger partial charge is 0.224 e. The molecule has 0 bridgehead atoms. The first kappa shape index (κ1) is 13.9. The van der Waals surface area contributed by atoms with Gasteiger partial charge in [-0.3, -0.25) is 0 Å². The van der Waals surface area contributed by atoms with Crippen molar-refractivity contribution < 1.29 is 16.8 Å². The van der Waals surface area contributed by atoms with E-state index in [9.17, 15) is 16.8 Å². The molecule has 0 saturated heterocycles. The Bertz CT molecular complexity index is 355. The minimum Gasteiger partial charge on any atom is -0.212 e. The molecule has 0 aliphatic rings. The van der Waals surface area contributed by atoms with E-state index in [0.29, 0.717) is 12.3 Å². The molecule has 0 atom stereocenters. The van der Waals surface area contributed by atoms with Gasteiger partial charge < -0.3 is 0 Å². The molecule has 0 aliphatic carbocycles. The van der Waals surface area contributed by atoms with E-state index in [1.165, 1.54) is 0 Å². The molecule has 0 aromatic rings. The molecule has 14 heavy (non-hydrogen) atoms. The van der Waals surface area contributed by atoms with Crippen molar-refractivity contribution >= 4 is 20.0 Å². The van der Waals surface area contributed by atoms with Crippen LogP contribution in [0.3, 0.4) is 0 Å². The number of rotatable bonds is 6. The van der Waals surface area contributed by atoms with Crippen molar-refractivity contribution in [1.29, 1.82) is 0 Å². The van der Waals surface area contributed by atoms with Crippen LogP contribution in [-0.2, 0) is 20.0 Å². The van der Waals surface area contributed by atoms with E-state index in [1.54, 1.807) is 4.13 Å². The molecule has 0 radical (unpaired) electrons. The molecule has 0 spiro atoms. The van der Waals surface area contributed by atoms with Gasteiger partial charge in [-0.25, -0.2) is 16.8 Å². The van der Waals surface area contributed by atoms with Crippen LogP contribution in [0.25, 0.3) is 0 Å². The Labute approximate surface area is 86.0 Å². The highest BCUT2D eigenvalue weighted by Crippen LogP contribution is 2.04. The van der Waals surface area contributed by atoms with Gasteiger partial charge in [-0.1, -0.05) is 13.8 Å². The molecule has 0 rings (SSSR count). The second-order valence-corrected chi connectivity index (χ2v) is 7.56. The van der Waals surface area contributed by atoms with Crippen molar-refractivity contribution in [2.75, 3.05) is 12.0 Å². The Kier molecular flexibility index (Phi) is 5.03. The fourth-order valence-electron chi connectivity index (χ4n) is 0.954. The average Bonchev–Trinajstić information content (AvgIpc) is 1.78. The maximum Gasteiger partial charge on any atom is 0.224 e. The molecule has 0 fully saturated rings. The molecule has 0 amide bonds. The number of hydrogen-bond donors (Lipinski definition) is 1. The van der Waals surface area contributed by atoms with Crippen LogP contribution < -0.4 is 4.13 Å². The van der Waals surface area contributed by atoms with Crippen molar-refractivity contribution in [3.05, 3.63) is 0 Å². The standard InChI is InChI=1S/C7H17NO4S2/c1-7(2)5-4-6-14(11,12)8-13(3,9)10/h7-8H,4-6H2,1-3H3. The summed E-state index contributed by atoms with van der Waals surface area (Å²) in [6, 6.07) is 0. The van der Waals surface area contributed by atoms with Gasteiger partial charge in [0.15, 0.2) is 0 Å². The fourth-order valence-corrected chi connectivity index (χ4v) is 3.68. The highest BCUT2D eigenvalue weighted by atomic mass is 32.3. The lowest BCUT2D eigenvalue weighted by molar-refractivity contribution is 0.556. The first-order chi connectivity index (χ1) is 6.12. The average molecular weight is 243 g/mol. The molecule has 0 aliphatic heterocycles. The first-order valence-corrected chi connectivity index (χ1v) is 7.88. The van der Waals surface area contributed by atoms with E-state index in [1.807, 2.05) is 13.8 Å². The van der Waals surface area contributed by atoms with Crippen molar-refractivity contribution in [2.45, 2.75) is 26.7 Å². The Balaban J connectivity index is 4.11. The van der Waals surface area contributed by atoms with Crippen LogP contribution in [0.15, 0.2) is 0 Å². The van der Waals surface area contributed by atoms with Gasteiger partial charge in [0.05, 0.1) is 12.0 Å². The molecule has 0 saturated carbocycles. The van der Waals surface area contributed by atoms with E-state index in [2.05, 4.69) is 0 Å². The summed E-state index contributed by atoms with van der Waals surface area (Å²) in [5, 5.41) is 0. The van der Waals surface area contributed by atoms with Crippen molar-refractivity contribution in [3.63, 3.8) is 0 Å². The van der Waals surface area contributed by atoms with Crippen LogP contribution in [0.5, 0.6) is 0 Å². The normalized spacial score (nSPS) is 13.4. The second kappa shape index (κ2) is 5.09. The van der Waals surface area contributed by atoms with Crippen molar-refractivity contribution in [1.82, 2.24) is 4.13 Å². The van der Waals surface area contributed by atoms with Gasteiger partial charge in [-0.2, -0.15) is 0 Å². The maximum absolute atomic E-state index is 11.1. The summed E-state index contributed by atoms with van der Waals surface area (Å²) in [6.45, 7) is 3.97. The monoisotopic (exact) mass is 243 g/mol. The van der Waals surface area contributed by atoms with E-state index >= 15 is 0 Å². The zero-order valence-corrected chi connectivity index (χ0v) is 10.3. The van der Waals surface area contributed by atoms with E-state index in [0.717, 1.165) is 12.7 Å². The van der Waals surface area contributed by atoms with Gasteiger partial charge >= 0.3 is 0 Å². The van der Waals surface area contributed by atoms with Crippen LogP contribution in [0.1, 0.15) is 26.7 Å². The zero-order chi connectivity index (χ0) is 11.4. The summed E-state index contributed by atoms with van der Waals surface area (Å²) in [6.07, 6.45) is 2.07. The highest BCUT2D eigenvalue weighted by molar-refractivity contribution is 8.04. The molecule has 7 heteroatoms. The molecular weight excluding hydrogens is 226 g/mol. The van der Waals surface area contributed by atoms with Gasteiger partial charge in [0.1, 0.15) is 0 Å². The van der Waals surface area contributed by atoms with Crippen molar-refractivity contribution in [3.8, 4) is 0 Å². The van der Waals surface area contributed by atoms with Gasteiger partial charge in [0, 0.05) is 0 Å². The predicted molar refractivity (Wildman–Crippen MR) is 55.8 cm³/mol. The van der Waals surface area contributed by atoms with E-state index < -0.39 is 20.0 Å². The molecule has 0 aromatic heterocycles. The zero-order valence-electron chi connectivity index (χ0n) is 8.65. The molecular formula is C7H17NO4S2. The quantitative estimate of drug-likeness (QED) is 0.727. The Morgan fingerprint density at radius 1 is 1.14 bits per heavy atom. The van der Waals surface area contributed by atoms with Crippen LogP contribution in [0, 0.1) is 5.92 Å². The van der Waals surface area contributed by atoms with Crippen LogP contribution in [0.4, 0.5) is 0 Å². The highest BCUT2D eigenvalue weighted by Gasteiger charge is 2.15. The maximum atomic E-state index is 11.1. The summed E-state index contributed by atoms with van der Waals surface area (Å²) in [4.78, 5) is 0. The Morgan fingerprint density at radius 3 is 2.00 bits per heavy atom. The summed E-state index contributed by atoms with van der Waals surface area (Å²) in [7, 11) is -7.34. The Hall–Kier alpha value is -0.140. The summed E-state index contributed by atoms with van der Waals surface area (Å²) < 4.78 is 45.2. The molecule has 0 heterocycles. The van der Waals surface area contributed by atoms with E-state index in [4.69, 9.17) is 0 Å². The first-order valence-electron chi connectivity index (χ1n) is 4.33. The minimum absolute atomic E-state index is 0.141. The second-order valence-electron chi connectivity index (χ2n) is 3.71. The van der Waals surface area contributed by atoms with Gasteiger partial charge in [-0.15, -0.1) is 4.13 Å². The van der Waals surface area contributed by atoms with Crippen LogP contribution >= 0.6 is 0 Å². The van der Waals surface area contributed by atoms with Crippen LogP contribution in [0.2, 0.25) is 0 Å². The number of hydrogen-bond acceptors (Lipinski definition) is 4. The molecule has 5 nitrogen and oxygen atoms in total. The smallest absolute Gasteiger partial charge is 0.212 e. The third-order valence-corrected chi connectivity index (χ3v) is 4.53. The summed E-state index contributed by atoms with van der Waals surface area (Å²) in [5.74, 6) is 0.279. The molecule has 0 aromatic carbocycles. The fraction of sp³-hybridized carbons (Fsp3) is 1.00. The summed E-state index contributed by atoms with van der Waals surface area (Å²) >= 11 is 0. The van der Waals surface area contributed by atoms with E-state index in [-0.39, 0.29) is 5.75 Å². The lowest BCUT2D eigenvalue weighted by atomic mass is 10.1. The van der Waals surface area contributed by atoms with Gasteiger partial charge in [-0.05, 0) is 18.8 Å². The predicted octanol–water partition coefficient (Wildman–Crippen LogP) is 0.302. The third kappa shape index (κ3) is 8.46. The third-order valence-electron chi connectivity index (χ3n) is 1.47. The van der Waals surface area contributed by atoms with Gasteiger partial charge in [0.2, 0.25) is 20.0 Å². The minimum atomic E-state index is -3.67. The SMILES string of the molecule is CC(C)CCCS(=O)(=O)NS(C)(=O)=O. The van der Waals surface area contributed by atoms with Crippen LogP contribution in [-0.4, -0.2) is 28.8 Å². The molecule has 86 valence electrons. The number of sulfonamides is 2.